The molecule has 0 amide bonds. The lowest BCUT2D eigenvalue weighted by Crippen LogP contribution is -2.17. The molecule has 0 aliphatic heterocycles. The van der Waals surface area contributed by atoms with E-state index in [-0.39, 0.29) is 5.69 Å². The number of unbranched alkanes of at least 4 members (excludes halogenated alkanes) is 1. The number of rotatable bonds is 6. The number of thioether (sulfide) groups is 1. The number of nitrogens with one attached hydrogen (secondary N) is 1. The van der Waals surface area contributed by atoms with Crippen molar-refractivity contribution in [2.24, 2.45) is 7.05 Å². The van der Waals surface area contributed by atoms with Gasteiger partial charge >= 0.3 is 5.69 Å². The van der Waals surface area contributed by atoms with E-state index in [9.17, 15) is 4.79 Å². The van der Waals surface area contributed by atoms with Gasteiger partial charge in [0.05, 0.1) is 11.9 Å². The first kappa shape index (κ1) is 14.2. The first-order valence-electron chi connectivity index (χ1n) is 6.07. The van der Waals surface area contributed by atoms with E-state index >= 15 is 0 Å². The van der Waals surface area contributed by atoms with Gasteiger partial charge in [-0.05, 0) is 6.42 Å². The standard InChI is InChI=1S/C11H16ClN5OS/c1-3-4-5-17-10(18)14-15-11(17)19-7-9-13-6-8(12)16(9)2/h6H,3-5,7H2,1-2H3,(H,14,18). The maximum absolute atomic E-state index is 11.6. The summed E-state index contributed by atoms with van der Waals surface area (Å²) in [4.78, 5) is 15.8. The van der Waals surface area contributed by atoms with E-state index < -0.39 is 0 Å². The molecule has 0 unspecified atom stereocenters. The molecule has 0 spiro atoms. The smallest absolute Gasteiger partial charge is 0.322 e. The Morgan fingerprint density at radius 3 is 2.95 bits per heavy atom. The van der Waals surface area contributed by atoms with Crippen LogP contribution in [0.3, 0.4) is 0 Å². The number of aromatic amines is 1. The highest BCUT2D eigenvalue weighted by molar-refractivity contribution is 7.98. The highest BCUT2D eigenvalue weighted by Gasteiger charge is 2.11. The van der Waals surface area contributed by atoms with Crippen molar-refractivity contribution >= 4 is 23.4 Å². The number of imidazole rings is 1. The van der Waals surface area contributed by atoms with Crippen molar-refractivity contribution in [1.82, 2.24) is 24.3 Å². The predicted molar refractivity (Wildman–Crippen MR) is 75.5 cm³/mol. The molecule has 104 valence electrons. The van der Waals surface area contributed by atoms with Crippen molar-refractivity contribution in [2.45, 2.75) is 37.2 Å². The van der Waals surface area contributed by atoms with E-state index in [0.717, 1.165) is 18.7 Å². The molecule has 0 aliphatic carbocycles. The summed E-state index contributed by atoms with van der Waals surface area (Å²) < 4.78 is 3.48. The second kappa shape index (κ2) is 6.29. The monoisotopic (exact) mass is 301 g/mol. The highest BCUT2D eigenvalue weighted by atomic mass is 35.5. The van der Waals surface area contributed by atoms with Crippen LogP contribution >= 0.6 is 23.4 Å². The average molecular weight is 302 g/mol. The van der Waals surface area contributed by atoms with Crippen LogP contribution in [0.25, 0.3) is 0 Å². The molecule has 0 saturated carbocycles. The van der Waals surface area contributed by atoms with Gasteiger partial charge in [-0.25, -0.2) is 14.9 Å². The van der Waals surface area contributed by atoms with Crippen LogP contribution in [0.15, 0.2) is 16.1 Å². The number of H-pyrrole nitrogens is 1. The van der Waals surface area contributed by atoms with Gasteiger partial charge in [0.15, 0.2) is 5.16 Å². The van der Waals surface area contributed by atoms with Gasteiger partial charge in [0, 0.05) is 13.6 Å². The van der Waals surface area contributed by atoms with Gasteiger partial charge in [0.1, 0.15) is 11.0 Å². The van der Waals surface area contributed by atoms with Gasteiger partial charge in [0.2, 0.25) is 0 Å². The molecule has 0 saturated heterocycles. The summed E-state index contributed by atoms with van der Waals surface area (Å²) in [7, 11) is 1.86. The van der Waals surface area contributed by atoms with E-state index in [4.69, 9.17) is 11.6 Å². The lowest BCUT2D eigenvalue weighted by Gasteiger charge is -2.04. The van der Waals surface area contributed by atoms with Gasteiger partial charge in [-0.3, -0.25) is 4.57 Å². The Morgan fingerprint density at radius 1 is 1.53 bits per heavy atom. The molecule has 19 heavy (non-hydrogen) atoms. The summed E-state index contributed by atoms with van der Waals surface area (Å²) in [5.74, 6) is 1.48. The SMILES string of the molecule is CCCCn1c(SCc2ncc(Cl)n2C)n[nH]c1=O. The molecule has 6 nitrogen and oxygen atoms in total. The maximum Gasteiger partial charge on any atom is 0.343 e. The van der Waals surface area contributed by atoms with Gasteiger partial charge in [-0.15, -0.1) is 5.10 Å². The van der Waals surface area contributed by atoms with Gasteiger partial charge in [-0.1, -0.05) is 36.7 Å². The lowest BCUT2D eigenvalue weighted by atomic mass is 10.3. The first-order valence-corrected chi connectivity index (χ1v) is 7.44. The molecule has 8 heteroatoms. The third kappa shape index (κ3) is 3.22. The van der Waals surface area contributed by atoms with Crippen molar-refractivity contribution in [1.29, 1.82) is 0 Å². The molecule has 0 radical (unpaired) electrons. The fraction of sp³-hybridized carbons (Fsp3) is 0.545. The Labute approximate surface area is 120 Å². The summed E-state index contributed by atoms with van der Waals surface area (Å²) in [5.41, 5.74) is -0.158. The zero-order valence-electron chi connectivity index (χ0n) is 10.9. The maximum atomic E-state index is 11.6. The molecular formula is C11H16ClN5OS. The van der Waals surface area contributed by atoms with E-state index in [1.807, 2.05) is 11.6 Å². The third-order valence-electron chi connectivity index (χ3n) is 2.82. The Kier molecular flexibility index (Phi) is 4.71. The number of hydrogen-bond acceptors (Lipinski definition) is 4. The third-order valence-corrected chi connectivity index (χ3v) is 4.14. The summed E-state index contributed by atoms with van der Waals surface area (Å²) in [6.07, 6.45) is 3.62. The van der Waals surface area contributed by atoms with Crippen LogP contribution in [0.2, 0.25) is 5.15 Å². The minimum absolute atomic E-state index is 0.158. The predicted octanol–water partition coefficient (Wildman–Crippen LogP) is 2.05. The molecule has 2 rings (SSSR count). The second-order valence-corrected chi connectivity index (χ2v) is 5.49. The highest BCUT2D eigenvalue weighted by Crippen LogP contribution is 2.20. The molecule has 2 aromatic rings. The van der Waals surface area contributed by atoms with Crippen LogP contribution in [-0.2, 0) is 19.3 Å². The fourth-order valence-electron chi connectivity index (χ4n) is 1.61. The van der Waals surface area contributed by atoms with Crippen LogP contribution in [-0.4, -0.2) is 24.3 Å². The van der Waals surface area contributed by atoms with Crippen molar-refractivity contribution < 1.29 is 0 Å². The molecule has 0 aromatic carbocycles. The first-order chi connectivity index (χ1) is 9.13. The van der Waals surface area contributed by atoms with Crippen molar-refractivity contribution in [3.8, 4) is 0 Å². The Hall–Kier alpha value is -1.21. The Bertz CT molecular complexity index is 602. The molecular weight excluding hydrogens is 286 g/mol. The number of aromatic nitrogens is 5. The number of halogens is 1. The minimum atomic E-state index is -0.158. The van der Waals surface area contributed by atoms with Gasteiger partial charge < -0.3 is 4.57 Å². The summed E-state index contributed by atoms with van der Waals surface area (Å²) in [6, 6.07) is 0. The van der Waals surface area contributed by atoms with Gasteiger partial charge in [-0.2, -0.15) is 0 Å². The molecule has 2 aromatic heterocycles. The quantitative estimate of drug-likeness (QED) is 0.829. The number of hydrogen-bond donors (Lipinski definition) is 1. The molecule has 0 fully saturated rings. The zero-order valence-corrected chi connectivity index (χ0v) is 12.5. The largest absolute Gasteiger partial charge is 0.343 e. The summed E-state index contributed by atoms with van der Waals surface area (Å²) in [6.45, 7) is 2.78. The van der Waals surface area contributed by atoms with Crippen LogP contribution in [0.5, 0.6) is 0 Å². The summed E-state index contributed by atoms with van der Waals surface area (Å²) >= 11 is 7.41. The average Bonchev–Trinajstić information content (AvgIpc) is 2.90. The van der Waals surface area contributed by atoms with E-state index in [2.05, 4.69) is 22.1 Å². The fourth-order valence-corrected chi connectivity index (χ4v) is 2.73. The Balaban J connectivity index is 2.07. The van der Waals surface area contributed by atoms with E-state index in [0.29, 0.717) is 22.6 Å². The second-order valence-electron chi connectivity index (χ2n) is 4.16. The molecule has 0 aliphatic rings. The van der Waals surface area contributed by atoms with Crippen LogP contribution < -0.4 is 5.69 Å². The lowest BCUT2D eigenvalue weighted by molar-refractivity contribution is 0.572. The molecule has 1 N–H and O–H groups in total. The normalized spacial score (nSPS) is 11.1. The zero-order chi connectivity index (χ0) is 13.8. The van der Waals surface area contributed by atoms with E-state index in [1.54, 1.807) is 10.8 Å². The van der Waals surface area contributed by atoms with Crippen molar-refractivity contribution in [3.05, 3.63) is 27.7 Å². The molecule has 0 atom stereocenters. The number of nitrogens with zero attached hydrogens (tertiary/aromatic N) is 4. The van der Waals surface area contributed by atoms with E-state index in [1.165, 1.54) is 11.8 Å². The van der Waals surface area contributed by atoms with Crippen molar-refractivity contribution in [3.63, 3.8) is 0 Å². The molecule has 2 heterocycles. The van der Waals surface area contributed by atoms with Crippen molar-refractivity contribution in [2.75, 3.05) is 0 Å². The van der Waals surface area contributed by atoms with Crippen LogP contribution in [0.1, 0.15) is 25.6 Å². The van der Waals surface area contributed by atoms with Crippen LogP contribution in [0.4, 0.5) is 0 Å². The van der Waals surface area contributed by atoms with Crippen LogP contribution in [0, 0.1) is 0 Å². The minimum Gasteiger partial charge on any atom is -0.322 e. The summed E-state index contributed by atoms with van der Waals surface area (Å²) in [5, 5.41) is 7.81. The topological polar surface area (TPSA) is 68.5 Å². The van der Waals surface area contributed by atoms with Gasteiger partial charge in [0.25, 0.3) is 0 Å². The Morgan fingerprint density at radius 2 is 2.32 bits per heavy atom. The molecule has 0 bridgehead atoms.